The van der Waals surface area contributed by atoms with Gasteiger partial charge in [-0.2, -0.15) is 0 Å². The molecule has 0 bridgehead atoms. The number of aryl methyl sites for hydroxylation is 1. The number of aromatic nitrogens is 2. The number of nitrogens with zero attached hydrogens (tertiary/aromatic N) is 2. The molecule has 180 valence electrons. The van der Waals surface area contributed by atoms with Gasteiger partial charge in [-0.05, 0) is 30.2 Å². The fourth-order valence-electron chi connectivity index (χ4n) is 4.03. The molecule has 4 aromatic rings. The first-order valence-electron chi connectivity index (χ1n) is 11.0. The minimum Gasteiger partial charge on any atom is -0.495 e. The zero-order valence-electron chi connectivity index (χ0n) is 19.4. The Balaban J connectivity index is 1.91. The Labute approximate surface area is 207 Å². The third kappa shape index (κ3) is 4.92. The van der Waals surface area contributed by atoms with Crippen molar-refractivity contribution in [1.82, 2.24) is 9.13 Å². The molecule has 0 aliphatic heterocycles. The van der Waals surface area contributed by atoms with Crippen molar-refractivity contribution in [2.45, 2.75) is 26.1 Å². The topological polar surface area (TPSA) is 79.2 Å². The van der Waals surface area contributed by atoms with Crippen molar-refractivity contribution in [3.05, 3.63) is 121 Å². The quantitative estimate of drug-likeness (QED) is 0.410. The van der Waals surface area contributed by atoms with Gasteiger partial charge < -0.3 is 10.5 Å². The number of hydrogen-bond donors (Lipinski definition) is 1. The van der Waals surface area contributed by atoms with E-state index in [1.165, 1.54) is 23.9 Å². The van der Waals surface area contributed by atoms with E-state index < -0.39 is 23.1 Å². The van der Waals surface area contributed by atoms with Crippen molar-refractivity contribution in [3.8, 4) is 16.9 Å². The van der Waals surface area contributed by atoms with E-state index in [4.69, 9.17) is 22.1 Å². The molecule has 0 fully saturated rings. The molecular weight excluding hydrogens is 469 g/mol. The van der Waals surface area contributed by atoms with Gasteiger partial charge in [0.25, 0.3) is 5.56 Å². The van der Waals surface area contributed by atoms with Gasteiger partial charge in [0.15, 0.2) is 0 Å². The highest BCUT2D eigenvalue weighted by molar-refractivity contribution is 6.34. The highest BCUT2D eigenvalue weighted by atomic mass is 35.5. The predicted octanol–water partition coefficient (Wildman–Crippen LogP) is 4.53. The molecule has 0 aliphatic carbocycles. The van der Waals surface area contributed by atoms with Gasteiger partial charge >= 0.3 is 5.69 Å². The molecule has 0 spiro atoms. The summed E-state index contributed by atoms with van der Waals surface area (Å²) in [4.78, 5) is 27.0. The lowest BCUT2D eigenvalue weighted by Crippen LogP contribution is -2.42. The van der Waals surface area contributed by atoms with Crippen molar-refractivity contribution in [1.29, 1.82) is 0 Å². The van der Waals surface area contributed by atoms with E-state index in [9.17, 15) is 14.0 Å². The van der Waals surface area contributed by atoms with Crippen molar-refractivity contribution in [3.63, 3.8) is 0 Å². The molecule has 1 heterocycles. The van der Waals surface area contributed by atoms with Gasteiger partial charge in [0.2, 0.25) is 0 Å². The smallest absolute Gasteiger partial charge is 0.331 e. The van der Waals surface area contributed by atoms with Crippen LogP contribution in [0.25, 0.3) is 11.1 Å². The lowest BCUT2D eigenvalue weighted by Gasteiger charge is -2.18. The Bertz CT molecular complexity index is 1460. The molecule has 6 nitrogen and oxygen atoms in total. The first kappa shape index (κ1) is 24.4. The van der Waals surface area contributed by atoms with E-state index in [1.54, 1.807) is 37.3 Å². The Hall–Kier alpha value is -3.68. The Morgan fingerprint density at radius 3 is 2.40 bits per heavy atom. The van der Waals surface area contributed by atoms with Crippen LogP contribution in [0.1, 0.15) is 22.7 Å². The molecule has 0 saturated heterocycles. The maximum atomic E-state index is 14.6. The monoisotopic (exact) mass is 493 g/mol. The standard InChI is InChI=1S/C27H25ClFN3O3/c1-17-8-6-12-22(29)20(17)14-31-15-21(19-11-7-13-24(35-2)25(19)28)26(33)32(27(31)34)16-23(30)18-9-4-3-5-10-18/h3-13,15,23H,14,16,30H2,1-2H3/t23-/m0/s1. The zero-order chi connectivity index (χ0) is 25.1. The molecule has 0 saturated carbocycles. The van der Waals surface area contributed by atoms with Crippen LogP contribution >= 0.6 is 11.6 Å². The summed E-state index contributed by atoms with van der Waals surface area (Å²) in [6, 6.07) is 18.4. The number of halogens is 2. The second-order valence-corrected chi connectivity index (χ2v) is 8.62. The molecule has 35 heavy (non-hydrogen) atoms. The van der Waals surface area contributed by atoms with Gasteiger partial charge in [-0.15, -0.1) is 0 Å². The normalized spacial score (nSPS) is 11.9. The summed E-state index contributed by atoms with van der Waals surface area (Å²) < 4.78 is 22.3. The van der Waals surface area contributed by atoms with Crippen LogP contribution in [0.15, 0.2) is 82.5 Å². The Kier molecular flexibility index (Phi) is 7.19. The van der Waals surface area contributed by atoms with E-state index in [0.717, 1.165) is 10.1 Å². The van der Waals surface area contributed by atoms with Gasteiger partial charge in [-0.1, -0.05) is 66.2 Å². The number of ether oxygens (including phenoxy) is 1. The zero-order valence-corrected chi connectivity index (χ0v) is 20.1. The Morgan fingerprint density at radius 1 is 1.00 bits per heavy atom. The highest BCUT2D eigenvalue weighted by Crippen LogP contribution is 2.33. The molecular formula is C27H25ClFN3O3. The lowest BCUT2D eigenvalue weighted by atomic mass is 10.1. The van der Waals surface area contributed by atoms with E-state index >= 15 is 0 Å². The molecule has 8 heteroatoms. The maximum Gasteiger partial charge on any atom is 0.331 e. The number of benzene rings is 3. The Morgan fingerprint density at radius 2 is 1.71 bits per heavy atom. The molecule has 0 amide bonds. The van der Waals surface area contributed by atoms with Gasteiger partial charge in [0.05, 0.1) is 30.8 Å². The van der Waals surface area contributed by atoms with Crippen LogP contribution in [0.4, 0.5) is 4.39 Å². The molecule has 0 radical (unpaired) electrons. The van der Waals surface area contributed by atoms with E-state index in [0.29, 0.717) is 22.4 Å². The fraction of sp³-hybridized carbons (Fsp3) is 0.185. The fourth-order valence-corrected chi connectivity index (χ4v) is 4.33. The van der Waals surface area contributed by atoms with Crippen LogP contribution in [0.2, 0.25) is 5.02 Å². The first-order chi connectivity index (χ1) is 16.8. The number of rotatable bonds is 7. The van der Waals surface area contributed by atoms with Crippen molar-refractivity contribution < 1.29 is 9.13 Å². The third-order valence-corrected chi connectivity index (χ3v) is 6.39. The summed E-state index contributed by atoms with van der Waals surface area (Å²) in [5.41, 5.74) is 7.64. The van der Waals surface area contributed by atoms with Crippen LogP contribution in [-0.2, 0) is 13.1 Å². The van der Waals surface area contributed by atoms with Crippen LogP contribution in [-0.4, -0.2) is 16.2 Å². The SMILES string of the molecule is COc1cccc(-c2cn(Cc3c(C)cccc3F)c(=O)n(C[C@H](N)c3ccccc3)c2=O)c1Cl. The largest absolute Gasteiger partial charge is 0.495 e. The predicted molar refractivity (Wildman–Crippen MR) is 136 cm³/mol. The number of hydrogen-bond acceptors (Lipinski definition) is 4. The van der Waals surface area contributed by atoms with Gasteiger partial charge in [-0.25, -0.2) is 9.18 Å². The minimum absolute atomic E-state index is 0.0621. The molecule has 1 aromatic heterocycles. The highest BCUT2D eigenvalue weighted by Gasteiger charge is 2.20. The summed E-state index contributed by atoms with van der Waals surface area (Å²) in [5.74, 6) is -0.0459. The van der Waals surface area contributed by atoms with Gasteiger partial charge in [0.1, 0.15) is 11.6 Å². The van der Waals surface area contributed by atoms with E-state index in [1.807, 2.05) is 30.3 Å². The van der Waals surface area contributed by atoms with Crippen molar-refractivity contribution in [2.24, 2.45) is 5.73 Å². The first-order valence-corrected chi connectivity index (χ1v) is 11.4. The molecule has 1 atom stereocenters. The summed E-state index contributed by atoms with van der Waals surface area (Å²) in [7, 11) is 1.48. The van der Waals surface area contributed by atoms with E-state index in [-0.39, 0.29) is 23.7 Å². The average molecular weight is 494 g/mol. The molecule has 2 N–H and O–H groups in total. The molecule has 3 aromatic carbocycles. The second-order valence-electron chi connectivity index (χ2n) is 8.24. The molecule has 0 aliphatic rings. The second kappa shape index (κ2) is 10.3. The van der Waals surface area contributed by atoms with Crippen LogP contribution < -0.4 is 21.7 Å². The summed E-state index contributed by atoms with van der Waals surface area (Å²) in [6.07, 6.45) is 1.42. The van der Waals surface area contributed by atoms with Crippen molar-refractivity contribution in [2.75, 3.05) is 7.11 Å². The summed E-state index contributed by atoms with van der Waals surface area (Å²) in [6.45, 7) is 1.64. The van der Waals surface area contributed by atoms with Gasteiger partial charge in [-0.3, -0.25) is 13.9 Å². The van der Waals surface area contributed by atoms with Crippen molar-refractivity contribution >= 4 is 11.6 Å². The van der Waals surface area contributed by atoms with E-state index in [2.05, 4.69) is 0 Å². The molecule has 0 unspecified atom stereocenters. The molecule has 4 rings (SSSR count). The average Bonchev–Trinajstić information content (AvgIpc) is 2.86. The summed E-state index contributed by atoms with van der Waals surface area (Å²) in [5, 5.41) is 0.235. The maximum absolute atomic E-state index is 14.6. The number of nitrogens with two attached hydrogens (primary N) is 1. The van der Waals surface area contributed by atoms with Crippen LogP contribution in [0.3, 0.4) is 0 Å². The number of methoxy groups -OCH3 is 1. The minimum atomic E-state index is -0.610. The van der Waals surface area contributed by atoms with Crippen LogP contribution in [0.5, 0.6) is 5.75 Å². The van der Waals surface area contributed by atoms with Gasteiger partial charge in [0, 0.05) is 23.4 Å². The third-order valence-electron chi connectivity index (χ3n) is 6.00. The van der Waals surface area contributed by atoms with Crippen LogP contribution in [0, 0.1) is 12.7 Å². The lowest BCUT2D eigenvalue weighted by molar-refractivity contribution is 0.415. The summed E-state index contributed by atoms with van der Waals surface area (Å²) >= 11 is 6.53.